The monoisotopic (exact) mass is 388 g/mol. The standard InChI is InChI=1S/C20H24N4O2.ClH/c1-23(2)14-7-3-6-13-21-20-15-9-4-5-10-16(15)22-17-11-8-12-18(19(17)20)24(25)26;/h4-5,8-12H,3,6-7,13-14H2,1-2H3,(H,21,22);1H. The van der Waals surface area contributed by atoms with E-state index < -0.39 is 0 Å². The van der Waals surface area contributed by atoms with Crippen molar-refractivity contribution in [2.45, 2.75) is 19.3 Å². The Kier molecular flexibility index (Phi) is 7.33. The van der Waals surface area contributed by atoms with E-state index in [-0.39, 0.29) is 23.0 Å². The largest absolute Gasteiger partial charge is 0.384 e. The number of hydrogen-bond donors (Lipinski definition) is 1. The third kappa shape index (κ3) is 4.84. The second-order valence-electron chi connectivity index (χ2n) is 6.72. The molecule has 0 aliphatic rings. The molecule has 0 saturated carbocycles. The van der Waals surface area contributed by atoms with Crippen molar-refractivity contribution in [3.8, 4) is 0 Å². The molecule has 0 aliphatic heterocycles. The van der Waals surface area contributed by atoms with E-state index in [9.17, 15) is 10.1 Å². The van der Waals surface area contributed by atoms with Crippen LogP contribution in [0.25, 0.3) is 21.8 Å². The Morgan fingerprint density at radius 1 is 1.04 bits per heavy atom. The van der Waals surface area contributed by atoms with E-state index >= 15 is 0 Å². The molecule has 0 spiro atoms. The van der Waals surface area contributed by atoms with Gasteiger partial charge < -0.3 is 10.2 Å². The summed E-state index contributed by atoms with van der Waals surface area (Å²) in [6.45, 7) is 1.86. The van der Waals surface area contributed by atoms with Crippen molar-refractivity contribution < 1.29 is 4.92 Å². The van der Waals surface area contributed by atoms with Crippen LogP contribution in [0.5, 0.6) is 0 Å². The number of pyridine rings is 1. The minimum Gasteiger partial charge on any atom is -0.384 e. The van der Waals surface area contributed by atoms with E-state index in [1.54, 1.807) is 12.1 Å². The molecule has 6 nitrogen and oxygen atoms in total. The molecule has 3 aromatic rings. The Hall–Kier alpha value is -2.44. The molecule has 7 heteroatoms. The number of nitro benzene ring substituents is 1. The average Bonchev–Trinajstić information content (AvgIpc) is 2.62. The maximum atomic E-state index is 11.5. The van der Waals surface area contributed by atoms with Crippen molar-refractivity contribution in [1.82, 2.24) is 9.88 Å². The van der Waals surface area contributed by atoms with Gasteiger partial charge in [-0.2, -0.15) is 0 Å². The highest BCUT2D eigenvalue weighted by atomic mass is 35.5. The van der Waals surface area contributed by atoms with Gasteiger partial charge >= 0.3 is 0 Å². The molecule has 0 aliphatic carbocycles. The third-order valence-electron chi connectivity index (χ3n) is 4.47. The lowest BCUT2D eigenvalue weighted by molar-refractivity contribution is -0.383. The second kappa shape index (κ2) is 9.48. The van der Waals surface area contributed by atoms with Gasteiger partial charge in [-0.25, -0.2) is 4.98 Å². The lowest BCUT2D eigenvalue weighted by Crippen LogP contribution is -2.13. The van der Waals surface area contributed by atoms with Gasteiger partial charge in [0, 0.05) is 18.0 Å². The van der Waals surface area contributed by atoms with Gasteiger partial charge in [-0.3, -0.25) is 10.1 Å². The molecule has 0 unspecified atom stereocenters. The van der Waals surface area contributed by atoms with Crippen molar-refractivity contribution in [3.63, 3.8) is 0 Å². The number of unbranched alkanes of at least 4 members (excludes halogenated alkanes) is 2. The van der Waals surface area contributed by atoms with Crippen LogP contribution >= 0.6 is 12.4 Å². The molecule has 1 heterocycles. The summed E-state index contributed by atoms with van der Waals surface area (Å²) in [5.74, 6) is 0. The van der Waals surface area contributed by atoms with E-state index in [4.69, 9.17) is 0 Å². The Morgan fingerprint density at radius 3 is 2.52 bits per heavy atom. The van der Waals surface area contributed by atoms with Crippen LogP contribution in [-0.2, 0) is 0 Å². The average molecular weight is 389 g/mol. The minimum atomic E-state index is -0.332. The molecule has 0 saturated heterocycles. The van der Waals surface area contributed by atoms with Gasteiger partial charge in [-0.05, 0) is 45.6 Å². The smallest absolute Gasteiger partial charge is 0.280 e. The Bertz CT molecular complexity index is 930. The van der Waals surface area contributed by atoms with Crippen LogP contribution in [0.4, 0.5) is 11.4 Å². The Morgan fingerprint density at radius 2 is 1.78 bits per heavy atom. The molecular formula is C20H25ClN4O2. The first kappa shape index (κ1) is 20.9. The molecule has 3 rings (SSSR count). The summed E-state index contributed by atoms with van der Waals surface area (Å²) in [4.78, 5) is 18.0. The molecule has 1 aromatic heterocycles. The number of benzene rings is 2. The first-order chi connectivity index (χ1) is 12.6. The van der Waals surface area contributed by atoms with Gasteiger partial charge in [0.2, 0.25) is 0 Å². The van der Waals surface area contributed by atoms with Gasteiger partial charge in [0.05, 0.1) is 21.6 Å². The highest BCUT2D eigenvalue weighted by Crippen LogP contribution is 2.36. The number of nitro groups is 1. The normalized spacial score (nSPS) is 10.9. The zero-order valence-corrected chi connectivity index (χ0v) is 16.5. The molecule has 144 valence electrons. The fourth-order valence-corrected chi connectivity index (χ4v) is 3.20. The highest BCUT2D eigenvalue weighted by molar-refractivity contribution is 6.11. The zero-order chi connectivity index (χ0) is 18.5. The molecule has 2 aromatic carbocycles. The SMILES string of the molecule is CN(C)CCCCCNc1c2ccccc2nc2cccc([N+](=O)[O-])c12.Cl. The predicted octanol–water partition coefficient (Wildman–Crippen LogP) is 4.86. The van der Waals surface area contributed by atoms with Gasteiger partial charge in [-0.15, -0.1) is 12.4 Å². The van der Waals surface area contributed by atoms with Crippen LogP contribution < -0.4 is 5.32 Å². The molecule has 27 heavy (non-hydrogen) atoms. The van der Waals surface area contributed by atoms with E-state index in [0.717, 1.165) is 48.9 Å². The van der Waals surface area contributed by atoms with Gasteiger partial charge in [0.25, 0.3) is 5.69 Å². The quantitative estimate of drug-likeness (QED) is 0.258. The fraction of sp³-hybridized carbons (Fsp3) is 0.350. The molecular weight excluding hydrogens is 364 g/mol. The topological polar surface area (TPSA) is 71.3 Å². The number of aromatic nitrogens is 1. The summed E-state index contributed by atoms with van der Waals surface area (Å²) >= 11 is 0. The zero-order valence-electron chi connectivity index (χ0n) is 15.6. The first-order valence-corrected chi connectivity index (χ1v) is 8.92. The van der Waals surface area contributed by atoms with Gasteiger partial charge in [0.15, 0.2) is 0 Å². The number of rotatable bonds is 8. The molecule has 1 N–H and O–H groups in total. The maximum Gasteiger partial charge on any atom is 0.280 e. The number of non-ortho nitro benzene ring substituents is 1. The van der Waals surface area contributed by atoms with E-state index in [2.05, 4.69) is 29.3 Å². The minimum absolute atomic E-state index is 0. The molecule has 0 amide bonds. The molecule has 0 fully saturated rings. The van der Waals surface area contributed by atoms with E-state index in [1.165, 1.54) is 0 Å². The number of para-hydroxylation sites is 1. The van der Waals surface area contributed by atoms with Crippen LogP contribution in [0.3, 0.4) is 0 Å². The second-order valence-corrected chi connectivity index (χ2v) is 6.72. The first-order valence-electron chi connectivity index (χ1n) is 8.92. The summed E-state index contributed by atoms with van der Waals surface area (Å²) in [7, 11) is 4.15. The number of anilines is 1. The summed E-state index contributed by atoms with van der Waals surface area (Å²) in [6, 6.07) is 12.8. The summed E-state index contributed by atoms with van der Waals surface area (Å²) in [5, 5.41) is 16.5. The van der Waals surface area contributed by atoms with Crippen LogP contribution in [-0.4, -0.2) is 42.0 Å². The number of nitrogens with one attached hydrogen (secondary N) is 1. The predicted molar refractivity (Wildman–Crippen MR) is 114 cm³/mol. The number of nitrogens with zero attached hydrogens (tertiary/aromatic N) is 3. The van der Waals surface area contributed by atoms with Gasteiger partial charge in [0.1, 0.15) is 5.39 Å². The van der Waals surface area contributed by atoms with E-state index in [1.807, 2.05) is 30.3 Å². The lowest BCUT2D eigenvalue weighted by Gasteiger charge is -2.14. The summed E-state index contributed by atoms with van der Waals surface area (Å²) < 4.78 is 0. The van der Waals surface area contributed by atoms with Crippen molar-refractivity contribution in [3.05, 3.63) is 52.6 Å². The Balaban J connectivity index is 0.00000261. The molecule has 0 bridgehead atoms. The molecule has 0 radical (unpaired) electrons. The van der Waals surface area contributed by atoms with Crippen LogP contribution in [0.1, 0.15) is 19.3 Å². The van der Waals surface area contributed by atoms with Crippen molar-refractivity contribution in [2.24, 2.45) is 0 Å². The lowest BCUT2D eigenvalue weighted by atomic mass is 10.1. The number of halogens is 1. The molecule has 0 atom stereocenters. The van der Waals surface area contributed by atoms with Crippen LogP contribution in [0, 0.1) is 10.1 Å². The number of hydrogen-bond acceptors (Lipinski definition) is 5. The summed E-state index contributed by atoms with van der Waals surface area (Å²) in [6.07, 6.45) is 3.29. The van der Waals surface area contributed by atoms with Crippen molar-refractivity contribution in [2.75, 3.05) is 32.5 Å². The van der Waals surface area contributed by atoms with E-state index in [0.29, 0.717) is 10.9 Å². The Labute approximate surface area is 165 Å². The van der Waals surface area contributed by atoms with Crippen LogP contribution in [0.2, 0.25) is 0 Å². The van der Waals surface area contributed by atoms with Crippen molar-refractivity contribution in [1.29, 1.82) is 0 Å². The fourth-order valence-electron chi connectivity index (χ4n) is 3.20. The maximum absolute atomic E-state index is 11.5. The van der Waals surface area contributed by atoms with Crippen molar-refractivity contribution >= 4 is 45.6 Å². The van der Waals surface area contributed by atoms with Crippen LogP contribution in [0.15, 0.2) is 42.5 Å². The van der Waals surface area contributed by atoms with Gasteiger partial charge in [-0.1, -0.05) is 30.7 Å². The third-order valence-corrected chi connectivity index (χ3v) is 4.47. The number of fused-ring (bicyclic) bond motifs is 2. The highest BCUT2D eigenvalue weighted by Gasteiger charge is 2.18. The summed E-state index contributed by atoms with van der Waals surface area (Å²) in [5.41, 5.74) is 2.39.